The molecule has 0 spiro atoms. The van der Waals surface area contributed by atoms with Crippen molar-refractivity contribution in [2.45, 2.75) is 6.92 Å². The third-order valence-corrected chi connectivity index (χ3v) is 4.12. The summed E-state index contributed by atoms with van der Waals surface area (Å²) in [7, 11) is 0. The summed E-state index contributed by atoms with van der Waals surface area (Å²) in [5.41, 5.74) is 2.18. The number of rotatable bonds is 4. The molecule has 3 aromatic rings. The lowest BCUT2D eigenvalue weighted by Gasteiger charge is -2.10. The molecule has 1 heterocycles. The Balaban J connectivity index is 1.70. The van der Waals surface area contributed by atoms with Crippen molar-refractivity contribution in [3.63, 3.8) is 0 Å². The van der Waals surface area contributed by atoms with Gasteiger partial charge in [-0.15, -0.1) is 0 Å². The minimum atomic E-state index is -0.293. The number of carbonyl (C=O) groups excluding carboxylic acids is 1. The number of benzene rings is 2. The SMILES string of the molecule is Cc1ccc2cccc(OCC(=O)Nc3ccc(Cl)c(Cl)c3)c2n1. The van der Waals surface area contributed by atoms with E-state index < -0.39 is 0 Å². The van der Waals surface area contributed by atoms with Crippen LogP contribution in [0.5, 0.6) is 5.75 Å². The maximum absolute atomic E-state index is 12.1. The molecule has 0 saturated carbocycles. The average molecular weight is 361 g/mol. The van der Waals surface area contributed by atoms with Crippen LogP contribution in [0.1, 0.15) is 5.69 Å². The van der Waals surface area contributed by atoms with Crippen molar-refractivity contribution < 1.29 is 9.53 Å². The van der Waals surface area contributed by atoms with Crippen LogP contribution in [0.15, 0.2) is 48.5 Å². The van der Waals surface area contributed by atoms with Crippen LogP contribution >= 0.6 is 23.2 Å². The Morgan fingerprint density at radius 2 is 1.96 bits per heavy atom. The lowest BCUT2D eigenvalue weighted by molar-refractivity contribution is -0.118. The Labute approximate surface area is 149 Å². The Hall–Kier alpha value is -2.30. The third kappa shape index (κ3) is 3.78. The first-order chi connectivity index (χ1) is 11.5. The van der Waals surface area contributed by atoms with Crippen LogP contribution in [0, 0.1) is 6.92 Å². The quantitative estimate of drug-likeness (QED) is 0.722. The summed E-state index contributed by atoms with van der Waals surface area (Å²) >= 11 is 11.8. The number of hydrogen-bond acceptors (Lipinski definition) is 3. The Morgan fingerprint density at radius 1 is 1.12 bits per heavy atom. The Bertz CT molecular complexity index is 913. The minimum Gasteiger partial charge on any atom is -0.481 e. The number of ether oxygens (including phenoxy) is 1. The standard InChI is InChI=1S/C18H14Cl2N2O2/c1-11-5-6-12-3-2-4-16(18(12)21-11)24-10-17(23)22-13-7-8-14(19)15(20)9-13/h2-9H,10H2,1H3,(H,22,23). The summed E-state index contributed by atoms with van der Waals surface area (Å²) in [6.45, 7) is 1.78. The number of carbonyl (C=O) groups is 1. The molecular weight excluding hydrogens is 347 g/mol. The van der Waals surface area contributed by atoms with E-state index in [1.807, 2.05) is 31.2 Å². The van der Waals surface area contributed by atoms with Crippen molar-refractivity contribution in [1.29, 1.82) is 0 Å². The fourth-order valence-corrected chi connectivity index (χ4v) is 2.55. The van der Waals surface area contributed by atoms with Crippen LogP contribution in [-0.2, 0) is 4.79 Å². The third-order valence-electron chi connectivity index (χ3n) is 3.38. The number of nitrogens with one attached hydrogen (secondary N) is 1. The summed E-state index contributed by atoms with van der Waals surface area (Å²) in [5, 5.41) is 4.49. The summed E-state index contributed by atoms with van der Waals surface area (Å²) in [4.78, 5) is 16.5. The molecule has 0 aliphatic rings. The molecule has 3 rings (SSSR count). The first kappa shape index (κ1) is 16.6. The molecule has 2 aromatic carbocycles. The minimum absolute atomic E-state index is 0.130. The van der Waals surface area contributed by atoms with Crippen LogP contribution in [0.3, 0.4) is 0 Å². The zero-order chi connectivity index (χ0) is 17.1. The number of anilines is 1. The zero-order valence-electron chi connectivity index (χ0n) is 12.8. The lowest BCUT2D eigenvalue weighted by Crippen LogP contribution is -2.20. The van der Waals surface area contributed by atoms with E-state index in [1.165, 1.54) is 0 Å². The molecule has 1 amide bonds. The van der Waals surface area contributed by atoms with Crippen LogP contribution in [-0.4, -0.2) is 17.5 Å². The van der Waals surface area contributed by atoms with Gasteiger partial charge in [-0.05, 0) is 37.3 Å². The first-order valence-electron chi connectivity index (χ1n) is 7.27. The first-order valence-corrected chi connectivity index (χ1v) is 8.02. The highest BCUT2D eigenvalue weighted by Crippen LogP contribution is 2.26. The van der Waals surface area contributed by atoms with Gasteiger partial charge in [-0.1, -0.05) is 41.4 Å². The zero-order valence-corrected chi connectivity index (χ0v) is 14.4. The fraction of sp³-hybridized carbons (Fsp3) is 0.111. The molecule has 0 unspecified atom stereocenters. The summed E-state index contributed by atoms with van der Waals surface area (Å²) < 4.78 is 5.63. The van der Waals surface area contributed by atoms with Gasteiger partial charge in [-0.25, -0.2) is 4.98 Å². The normalized spacial score (nSPS) is 10.6. The number of para-hydroxylation sites is 1. The van der Waals surface area contributed by atoms with Gasteiger partial charge in [-0.3, -0.25) is 4.79 Å². The van der Waals surface area contributed by atoms with Crippen LogP contribution in [0.25, 0.3) is 10.9 Å². The van der Waals surface area contributed by atoms with Crippen LogP contribution < -0.4 is 10.1 Å². The van der Waals surface area contributed by atoms with E-state index in [-0.39, 0.29) is 12.5 Å². The van der Waals surface area contributed by atoms with E-state index in [1.54, 1.807) is 24.3 Å². The highest BCUT2D eigenvalue weighted by Gasteiger charge is 2.08. The van der Waals surface area contributed by atoms with Crippen molar-refractivity contribution in [2.75, 3.05) is 11.9 Å². The van der Waals surface area contributed by atoms with Gasteiger partial charge in [0.1, 0.15) is 11.3 Å². The molecule has 0 aliphatic heterocycles. The van der Waals surface area contributed by atoms with E-state index >= 15 is 0 Å². The number of amides is 1. The largest absolute Gasteiger partial charge is 0.481 e. The summed E-state index contributed by atoms with van der Waals surface area (Å²) in [6.07, 6.45) is 0. The fourth-order valence-electron chi connectivity index (χ4n) is 2.25. The molecule has 122 valence electrons. The Kier molecular flexibility index (Phi) is 4.88. The number of hydrogen-bond donors (Lipinski definition) is 1. The van der Waals surface area contributed by atoms with E-state index in [0.29, 0.717) is 21.5 Å². The van der Waals surface area contributed by atoms with E-state index in [4.69, 9.17) is 27.9 Å². The maximum atomic E-state index is 12.1. The molecular formula is C18H14Cl2N2O2. The van der Waals surface area contributed by atoms with Crippen molar-refractivity contribution in [2.24, 2.45) is 0 Å². The number of aromatic nitrogens is 1. The number of nitrogens with zero attached hydrogens (tertiary/aromatic N) is 1. The maximum Gasteiger partial charge on any atom is 0.262 e. The number of halogens is 2. The summed E-state index contributed by atoms with van der Waals surface area (Å²) in [6, 6.07) is 14.4. The van der Waals surface area contributed by atoms with Gasteiger partial charge in [0.05, 0.1) is 10.0 Å². The molecule has 0 fully saturated rings. The smallest absolute Gasteiger partial charge is 0.262 e. The predicted molar refractivity (Wildman–Crippen MR) is 97.1 cm³/mol. The van der Waals surface area contributed by atoms with Crippen LogP contribution in [0.2, 0.25) is 10.0 Å². The molecule has 0 bridgehead atoms. The second-order valence-electron chi connectivity index (χ2n) is 5.25. The van der Waals surface area contributed by atoms with E-state index in [2.05, 4.69) is 10.3 Å². The second-order valence-corrected chi connectivity index (χ2v) is 6.06. The second kappa shape index (κ2) is 7.07. The number of fused-ring (bicyclic) bond motifs is 1. The Morgan fingerprint density at radius 3 is 2.75 bits per heavy atom. The average Bonchev–Trinajstić information content (AvgIpc) is 2.56. The highest BCUT2D eigenvalue weighted by atomic mass is 35.5. The van der Waals surface area contributed by atoms with Crippen LogP contribution in [0.4, 0.5) is 5.69 Å². The molecule has 0 radical (unpaired) electrons. The predicted octanol–water partition coefficient (Wildman–Crippen LogP) is 4.87. The highest BCUT2D eigenvalue weighted by molar-refractivity contribution is 6.42. The van der Waals surface area contributed by atoms with Gasteiger partial charge in [0.2, 0.25) is 0 Å². The van der Waals surface area contributed by atoms with E-state index in [0.717, 1.165) is 16.6 Å². The lowest BCUT2D eigenvalue weighted by atomic mass is 10.2. The van der Waals surface area contributed by atoms with Crippen molar-refractivity contribution in [3.05, 3.63) is 64.3 Å². The molecule has 24 heavy (non-hydrogen) atoms. The van der Waals surface area contributed by atoms with Gasteiger partial charge in [0, 0.05) is 16.8 Å². The molecule has 4 nitrogen and oxygen atoms in total. The molecule has 0 aliphatic carbocycles. The molecule has 0 atom stereocenters. The van der Waals surface area contributed by atoms with Crippen molar-refractivity contribution in [3.8, 4) is 5.75 Å². The number of pyridine rings is 1. The molecule has 1 aromatic heterocycles. The van der Waals surface area contributed by atoms with Gasteiger partial charge >= 0.3 is 0 Å². The molecule has 6 heteroatoms. The summed E-state index contributed by atoms with van der Waals surface area (Å²) in [5.74, 6) is 0.276. The van der Waals surface area contributed by atoms with Crippen molar-refractivity contribution >= 4 is 45.7 Å². The molecule has 1 N–H and O–H groups in total. The van der Waals surface area contributed by atoms with Gasteiger partial charge in [0.15, 0.2) is 6.61 Å². The van der Waals surface area contributed by atoms with Gasteiger partial charge in [-0.2, -0.15) is 0 Å². The molecule has 0 saturated heterocycles. The van der Waals surface area contributed by atoms with Gasteiger partial charge < -0.3 is 10.1 Å². The van der Waals surface area contributed by atoms with Crippen molar-refractivity contribution in [1.82, 2.24) is 4.98 Å². The van der Waals surface area contributed by atoms with E-state index in [9.17, 15) is 4.79 Å². The number of aryl methyl sites for hydroxylation is 1. The topological polar surface area (TPSA) is 51.2 Å². The van der Waals surface area contributed by atoms with Gasteiger partial charge in [0.25, 0.3) is 5.91 Å². The monoisotopic (exact) mass is 360 g/mol.